The molecule has 0 aliphatic carbocycles. The minimum atomic E-state index is 0. The van der Waals surface area contributed by atoms with Crippen molar-refractivity contribution >= 4 is 0 Å². The molecule has 4 heteroatoms. The molecule has 0 saturated heterocycles. The third kappa shape index (κ3) is 6.73. The number of fused-ring (bicyclic) bond motifs is 5. The van der Waals surface area contributed by atoms with Crippen LogP contribution in [-0.4, -0.2) is 9.97 Å². The third-order valence-corrected chi connectivity index (χ3v) is 7.58. The Hall–Kier alpha value is -4.37. The van der Waals surface area contributed by atoms with Crippen molar-refractivity contribution in [2.45, 2.75) is 40.5 Å². The number of aryl methyl sites for hydroxylation is 3. The van der Waals surface area contributed by atoms with Gasteiger partial charge in [-0.15, -0.1) is 59.7 Å². The van der Waals surface area contributed by atoms with Crippen LogP contribution >= 0.6 is 0 Å². The van der Waals surface area contributed by atoms with Gasteiger partial charge < -0.3 is 14.7 Å². The first-order chi connectivity index (χ1) is 20.9. The van der Waals surface area contributed by atoms with Crippen molar-refractivity contribution in [1.29, 1.82) is 0 Å². The van der Waals surface area contributed by atoms with Crippen LogP contribution in [0.3, 0.4) is 0 Å². The molecule has 0 bridgehead atoms. The molecule has 221 valence electrons. The predicted molar refractivity (Wildman–Crippen MR) is 176 cm³/mol. The van der Waals surface area contributed by atoms with Gasteiger partial charge in [-0.3, -0.25) is 0 Å². The Morgan fingerprint density at radius 1 is 0.636 bits per heavy atom. The third-order valence-electron chi connectivity index (χ3n) is 7.58. The van der Waals surface area contributed by atoms with Crippen LogP contribution in [-0.2, 0) is 20.1 Å². The standard InChI is InChI=1S/C27H22NO.C13H12N.Ir/c1-17(2)19-12-13-28-25(16-19)20-9-11-27-24(15-20)21-10-8-18(3)14-23(21)22-6-4-5-7-26(22)29-27;1-10-8-11(2)14-13(9-10)12-6-4-3-5-7-12;/h4-8,10-17H,1-3H3;3-6,8-9H,1-2H3;/q2*-1;. The first-order valence-electron chi connectivity index (χ1n) is 14.7. The average molecular weight is 751 g/mol. The zero-order valence-corrected chi connectivity index (χ0v) is 28.0. The summed E-state index contributed by atoms with van der Waals surface area (Å²) in [6, 6.07) is 41.8. The van der Waals surface area contributed by atoms with Crippen LogP contribution in [0.25, 0.3) is 44.8 Å². The van der Waals surface area contributed by atoms with Gasteiger partial charge in [-0.05, 0) is 67.4 Å². The van der Waals surface area contributed by atoms with Gasteiger partial charge in [0, 0.05) is 37.6 Å². The number of para-hydroxylation sites is 1. The Kier molecular flexibility index (Phi) is 9.54. The van der Waals surface area contributed by atoms with Gasteiger partial charge in [-0.25, -0.2) is 0 Å². The van der Waals surface area contributed by atoms with E-state index in [9.17, 15) is 0 Å². The summed E-state index contributed by atoms with van der Waals surface area (Å²) in [5.74, 6) is 2.15. The fraction of sp³-hybridized carbons (Fsp3) is 0.150. The number of rotatable bonds is 3. The molecule has 44 heavy (non-hydrogen) atoms. The van der Waals surface area contributed by atoms with E-state index < -0.39 is 0 Å². The van der Waals surface area contributed by atoms with Crippen molar-refractivity contribution in [3.05, 3.63) is 144 Å². The van der Waals surface area contributed by atoms with E-state index in [0.717, 1.165) is 50.8 Å². The molecule has 0 amide bonds. The van der Waals surface area contributed by atoms with Crippen molar-refractivity contribution in [2.24, 2.45) is 0 Å². The first-order valence-corrected chi connectivity index (χ1v) is 14.7. The molecule has 1 aliphatic rings. The maximum atomic E-state index is 6.33. The summed E-state index contributed by atoms with van der Waals surface area (Å²) in [7, 11) is 0. The Labute approximate surface area is 274 Å². The summed E-state index contributed by atoms with van der Waals surface area (Å²) in [5.41, 5.74) is 13.3. The second-order valence-electron chi connectivity index (χ2n) is 11.3. The van der Waals surface area contributed by atoms with E-state index >= 15 is 0 Å². The van der Waals surface area contributed by atoms with Crippen LogP contribution in [0.2, 0.25) is 0 Å². The Bertz CT molecular complexity index is 1890. The fourth-order valence-electron chi connectivity index (χ4n) is 5.42. The second-order valence-corrected chi connectivity index (χ2v) is 11.3. The van der Waals surface area contributed by atoms with E-state index in [1.54, 1.807) is 0 Å². The van der Waals surface area contributed by atoms with E-state index in [4.69, 9.17) is 4.74 Å². The SMILES string of the molecule is Cc1cc(C)nc(-c2[c-]cccc2)c1.Cc1ccc2c(c1)-c1ccccc1Oc1c[c-]c(-c3cc(C(C)C)ccn3)cc1-2.[Ir]. The van der Waals surface area contributed by atoms with Gasteiger partial charge in [0.25, 0.3) is 0 Å². The molecule has 0 spiro atoms. The molecule has 0 N–H and O–H groups in total. The van der Waals surface area contributed by atoms with Gasteiger partial charge in [0.05, 0.1) is 5.75 Å². The molecule has 1 radical (unpaired) electrons. The number of benzene rings is 4. The summed E-state index contributed by atoms with van der Waals surface area (Å²) in [5, 5.41) is 0. The maximum absolute atomic E-state index is 6.33. The zero-order valence-electron chi connectivity index (χ0n) is 25.6. The summed E-state index contributed by atoms with van der Waals surface area (Å²) < 4.78 is 6.33. The van der Waals surface area contributed by atoms with Gasteiger partial charge in [0.15, 0.2) is 0 Å². The van der Waals surface area contributed by atoms with Crippen molar-refractivity contribution in [2.75, 3.05) is 0 Å². The number of hydrogen-bond donors (Lipinski definition) is 0. The van der Waals surface area contributed by atoms with Crippen LogP contribution < -0.4 is 4.74 Å². The number of pyridine rings is 2. The summed E-state index contributed by atoms with van der Waals surface area (Å²) in [6.45, 7) is 10.6. The van der Waals surface area contributed by atoms with Crippen LogP contribution in [0.1, 0.15) is 42.1 Å². The van der Waals surface area contributed by atoms with Crippen LogP contribution in [0, 0.1) is 32.9 Å². The molecule has 0 atom stereocenters. The van der Waals surface area contributed by atoms with E-state index in [1.165, 1.54) is 27.8 Å². The van der Waals surface area contributed by atoms with E-state index in [2.05, 4.69) is 110 Å². The summed E-state index contributed by atoms with van der Waals surface area (Å²) in [6.07, 6.45) is 1.88. The molecule has 7 rings (SSSR count). The molecule has 4 aromatic carbocycles. The first kappa shape index (κ1) is 31.1. The van der Waals surface area contributed by atoms with Gasteiger partial charge in [-0.1, -0.05) is 84.6 Å². The number of nitrogens with zero attached hydrogens (tertiary/aromatic N) is 2. The summed E-state index contributed by atoms with van der Waals surface area (Å²) >= 11 is 0. The Balaban J connectivity index is 0.000000216. The van der Waals surface area contributed by atoms with Crippen molar-refractivity contribution in [3.8, 4) is 56.3 Å². The molecule has 3 heterocycles. The minimum absolute atomic E-state index is 0. The zero-order chi connectivity index (χ0) is 29.9. The van der Waals surface area contributed by atoms with Crippen LogP contribution in [0.15, 0.2) is 109 Å². The van der Waals surface area contributed by atoms with E-state index in [-0.39, 0.29) is 20.1 Å². The number of ether oxygens (including phenoxy) is 1. The smallest absolute Gasteiger partial charge is 0.122 e. The van der Waals surface area contributed by atoms with Gasteiger partial charge in [-0.2, -0.15) is 0 Å². The van der Waals surface area contributed by atoms with Gasteiger partial charge in [0.2, 0.25) is 0 Å². The number of hydrogen-bond acceptors (Lipinski definition) is 3. The number of aromatic nitrogens is 2. The fourth-order valence-corrected chi connectivity index (χ4v) is 5.42. The topological polar surface area (TPSA) is 35.0 Å². The average Bonchev–Trinajstić information content (AvgIpc) is 3.15. The molecule has 6 aromatic rings. The van der Waals surface area contributed by atoms with Crippen LogP contribution in [0.5, 0.6) is 11.5 Å². The molecule has 3 nitrogen and oxygen atoms in total. The van der Waals surface area contributed by atoms with Crippen molar-refractivity contribution in [1.82, 2.24) is 9.97 Å². The Morgan fingerprint density at radius 2 is 1.45 bits per heavy atom. The predicted octanol–water partition coefficient (Wildman–Crippen LogP) is 10.6. The maximum Gasteiger partial charge on any atom is 0.122 e. The Morgan fingerprint density at radius 3 is 2.23 bits per heavy atom. The molecular formula is C40H34IrN2O-2. The van der Waals surface area contributed by atoms with Gasteiger partial charge in [0.1, 0.15) is 5.75 Å². The molecule has 0 fully saturated rings. The van der Waals surface area contributed by atoms with Crippen molar-refractivity contribution < 1.29 is 24.8 Å². The second kappa shape index (κ2) is 13.5. The monoisotopic (exact) mass is 751 g/mol. The van der Waals surface area contributed by atoms with Crippen LogP contribution in [0.4, 0.5) is 0 Å². The van der Waals surface area contributed by atoms with E-state index in [1.807, 2.05) is 55.6 Å². The normalized spacial score (nSPS) is 11.0. The van der Waals surface area contributed by atoms with Gasteiger partial charge >= 0.3 is 0 Å². The summed E-state index contributed by atoms with van der Waals surface area (Å²) in [4.78, 5) is 9.07. The van der Waals surface area contributed by atoms with Crippen molar-refractivity contribution in [3.63, 3.8) is 0 Å². The van der Waals surface area contributed by atoms with E-state index in [0.29, 0.717) is 5.92 Å². The minimum Gasteiger partial charge on any atom is -0.500 e. The molecule has 2 aromatic heterocycles. The molecule has 0 saturated carbocycles. The largest absolute Gasteiger partial charge is 0.500 e. The molecular weight excluding hydrogens is 717 g/mol. The molecule has 0 unspecified atom stereocenters. The quantitative estimate of drug-likeness (QED) is 0.169. The molecule has 1 aliphatic heterocycles.